The van der Waals surface area contributed by atoms with Crippen molar-refractivity contribution in [1.29, 1.82) is 0 Å². The van der Waals surface area contributed by atoms with Crippen LogP contribution in [0, 0.1) is 0 Å². The summed E-state index contributed by atoms with van der Waals surface area (Å²) in [6, 6.07) is 7.53. The number of hydrogen-bond donors (Lipinski definition) is 1. The van der Waals surface area contributed by atoms with Gasteiger partial charge in [-0.15, -0.1) is 11.3 Å². The maximum absolute atomic E-state index is 12.2. The van der Waals surface area contributed by atoms with Gasteiger partial charge in [-0.1, -0.05) is 0 Å². The van der Waals surface area contributed by atoms with Crippen molar-refractivity contribution in [3.63, 3.8) is 0 Å². The van der Waals surface area contributed by atoms with E-state index in [9.17, 15) is 4.79 Å². The number of carbonyl (C=O) groups excluding carboxylic acids is 1. The number of furan rings is 1. The summed E-state index contributed by atoms with van der Waals surface area (Å²) in [6.07, 6.45) is 4.10. The Morgan fingerprint density at radius 2 is 2.35 bits per heavy atom. The minimum Gasteiger partial charge on any atom is -0.472 e. The summed E-state index contributed by atoms with van der Waals surface area (Å²) >= 11 is 1.54. The van der Waals surface area contributed by atoms with Gasteiger partial charge < -0.3 is 9.73 Å². The number of rotatable bonds is 4. The van der Waals surface area contributed by atoms with E-state index in [4.69, 9.17) is 4.42 Å². The first-order valence-corrected chi connectivity index (χ1v) is 7.25. The molecule has 1 N–H and O–H groups in total. The van der Waals surface area contributed by atoms with E-state index in [1.807, 2.05) is 31.2 Å². The lowest BCUT2D eigenvalue weighted by Gasteiger charge is -2.12. The lowest BCUT2D eigenvalue weighted by molar-refractivity contribution is 0.0940. The Balaban J connectivity index is 1.68. The molecule has 2 aromatic heterocycles. The van der Waals surface area contributed by atoms with Gasteiger partial charge in [0.05, 0.1) is 28.3 Å². The molecule has 20 heavy (non-hydrogen) atoms. The zero-order chi connectivity index (χ0) is 13.9. The molecule has 0 spiro atoms. The lowest BCUT2D eigenvalue weighted by Crippen LogP contribution is -2.33. The van der Waals surface area contributed by atoms with Crippen LogP contribution in [0.5, 0.6) is 0 Å². The fraction of sp³-hybridized carbons (Fsp3) is 0.200. The van der Waals surface area contributed by atoms with Crippen molar-refractivity contribution in [2.45, 2.75) is 19.4 Å². The zero-order valence-electron chi connectivity index (χ0n) is 11.0. The monoisotopic (exact) mass is 286 g/mol. The van der Waals surface area contributed by atoms with Crippen LogP contribution in [-0.2, 0) is 6.42 Å². The lowest BCUT2D eigenvalue weighted by atomic mass is 10.1. The number of carbonyl (C=O) groups is 1. The van der Waals surface area contributed by atoms with Gasteiger partial charge in [0.1, 0.15) is 0 Å². The Kier molecular flexibility index (Phi) is 3.52. The van der Waals surface area contributed by atoms with Gasteiger partial charge in [-0.2, -0.15) is 0 Å². The molecule has 0 unspecified atom stereocenters. The molecule has 0 saturated heterocycles. The summed E-state index contributed by atoms with van der Waals surface area (Å²) in [7, 11) is 0. The number of nitrogens with one attached hydrogen (secondary N) is 1. The third kappa shape index (κ3) is 2.72. The van der Waals surface area contributed by atoms with Crippen LogP contribution in [0.4, 0.5) is 0 Å². The van der Waals surface area contributed by atoms with Crippen molar-refractivity contribution in [2.24, 2.45) is 0 Å². The topological polar surface area (TPSA) is 55.1 Å². The van der Waals surface area contributed by atoms with E-state index >= 15 is 0 Å². The summed E-state index contributed by atoms with van der Waals surface area (Å²) in [6.45, 7) is 1.98. The van der Waals surface area contributed by atoms with E-state index in [0.717, 1.165) is 22.2 Å². The number of fused-ring (bicyclic) bond motifs is 1. The second-order valence-electron chi connectivity index (χ2n) is 4.75. The SMILES string of the molecule is C[C@H](Cc1ccoc1)NC(=O)c1ccc2ncsc2c1. The molecule has 4 nitrogen and oxygen atoms in total. The average molecular weight is 286 g/mol. The summed E-state index contributed by atoms with van der Waals surface area (Å²) in [5.74, 6) is -0.0590. The molecule has 0 radical (unpaired) electrons. The first-order valence-electron chi connectivity index (χ1n) is 6.37. The third-order valence-electron chi connectivity index (χ3n) is 3.09. The summed E-state index contributed by atoms with van der Waals surface area (Å²) in [5.41, 5.74) is 4.46. The second kappa shape index (κ2) is 5.46. The molecule has 0 saturated carbocycles. The molecular weight excluding hydrogens is 272 g/mol. The van der Waals surface area contributed by atoms with Gasteiger partial charge in [-0.25, -0.2) is 4.98 Å². The van der Waals surface area contributed by atoms with Crippen molar-refractivity contribution in [3.05, 3.63) is 53.4 Å². The third-order valence-corrected chi connectivity index (χ3v) is 3.88. The quantitative estimate of drug-likeness (QED) is 0.801. The van der Waals surface area contributed by atoms with E-state index in [-0.39, 0.29) is 11.9 Å². The molecule has 0 fully saturated rings. The number of hydrogen-bond acceptors (Lipinski definition) is 4. The van der Waals surface area contributed by atoms with Crippen LogP contribution in [0.1, 0.15) is 22.8 Å². The van der Waals surface area contributed by atoms with Crippen molar-refractivity contribution < 1.29 is 9.21 Å². The van der Waals surface area contributed by atoms with Gasteiger partial charge in [0.15, 0.2) is 0 Å². The minimum absolute atomic E-state index is 0.0530. The Bertz CT molecular complexity index is 718. The molecule has 3 rings (SSSR count). The molecule has 0 bridgehead atoms. The molecule has 0 aliphatic heterocycles. The summed E-state index contributed by atoms with van der Waals surface area (Å²) in [4.78, 5) is 16.4. The summed E-state index contributed by atoms with van der Waals surface area (Å²) < 4.78 is 6.05. The highest BCUT2D eigenvalue weighted by molar-refractivity contribution is 7.16. The van der Waals surface area contributed by atoms with Crippen LogP contribution in [0.3, 0.4) is 0 Å². The van der Waals surface area contributed by atoms with Gasteiger partial charge >= 0.3 is 0 Å². The van der Waals surface area contributed by atoms with Crippen LogP contribution in [0.2, 0.25) is 0 Å². The molecule has 1 aromatic carbocycles. The molecule has 102 valence electrons. The molecule has 1 amide bonds. The second-order valence-corrected chi connectivity index (χ2v) is 5.63. The van der Waals surface area contributed by atoms with Crippen molar-refractivity contribution in [1.82, 2.24) is 10.3 Å². The van der Waals surface area contributed by atoms with Crippen LogP contribution < -0.4 is 5.32 Å². The van der Waals surface area contributed by atoms with E-state index in [0.29, 0.717) is 5.56 Å². The number of aromatic nitrogens is 1. The normalized spacial score (nSPS) is 12.4. The zero-order valence-corrected chi connectivity index (χ0v) is 11.8. The van der Waals surface area contributed by atoms with Gasteiger partial charge in [-0.3, -0.25) is 4.79 Å². The molecule has 1 atom stereocenters. The predicted molar refractivity (Wildman–Crippen MR) is 79.0 cm³/mol. The maximum Gasteiger partial charge on any atom is 0.251 e. The molecule has 5 heteroatoms. The minimum atomic E-state index is -0.0590. The molecule has 2 heterocycles. The van der Waals surface area contributed by atoms with Crippen molar-refractivity contribution in [2.75, 3.05) is 0 Å². The number of amides is 1. The van der Waals surface area contributed by atoms with E-state index in [1.165, 1.54) is 11.3 Å². The Hall–Kier alpha value is -2.14. The fourth-order valence-corrected chi connectivity index (χ4v) is 2.83. The average Bonchev–Trinajstić information content (AvgIpc) is 3.07. The van der Waals surface area contributed by atoms with Crippen LogP contribution in [-0.4, -0.2) is 16.9 Å². The van der Waals surface area contributed by atoms with Crippen molar-refractivity contribution in [3.8, 4) is 0 Å². The van der Waals surface area contributed by atoms with Crippen molar-refractivity contribution >= 4 is 27.5 Å². The summed E-state index contributed by atoms with van der Waals surface area (Å²) in [5, 5.41) is 2.99. The molecule has 0 aliphatic rings. The number of nitrogens with zero attached hydrogens (tertiary/aromatic N) is 1. The maximum atomic E-state index is 12.2. The largest absolute Gasteiger partial charge is 0.472 e. The van der Waals surface area contributed by atoms with Crippen LogP contribution in [0.15, 0.2) is 46.7 Å². The number of benzene rings is 1. The van der Waals surface area contributed by atoms with Crippen LogP contribution in [0.25, 0.3) is 10.2 Å². The fourth-order valence-electron chi connectivity index (χ4n) is 2.12. The Labute approximate surface area is 120 Å². The molecular formula is C15H14N2O2S. The predicted octanol–water partition coefficient (Wildman–Crippen LogP) is 3.25. The van der Waals surface area contributed by atoms with Gasteiger partial charge in [0.25, 0.3) is 5.91 Å². The van der Waals surface area contributed by atoms with E-state index < -0.39 is 0 Å². The highest BCUT2D eigenvalue weighted by Gasteiger charge is 2.11. The standard InChI is InChI=1S/C15H14N2O2S/c1-10(6-11-4-5-19-8-11)17-15(18)12-2-3-13-14(7-12)20-9-16-13/h2-5,7-10H,6H2,1H3,(H,17,18)/t10-/m1/s1. The van der Waals surface area contributed by atoms with Gasteiger partial charge in [-0.05, 0) is 43.2 Å². The van der Waals surface area contributed by atoms with E-state index in [2.05, 4.69) is 10.3 Å². The Morgan fingerprint density at radius 3 is 3.15 bits per heavy atom. The first-order chi connectivity index (χ1) is 9.72. The molecule has 0 aliphatic carbocycles. The van der Waals surface area contributed by atoms with Gasteiger partial charge in [0, 0.05) is 11.6 Å². The highest BCUT2D eigenvalue weighted by atomic mass is 32.1. The highest BCUT2D eigenvalue weighted by Crippen LogP contribution is 2.19. The van der Waals surface area contributed by atoms with E-state index in [1.54, 1.807) is 18.0 Å². The number of thiazole rings is 1. The first kappa shape index (κ1) is 12.9. The Morgan fingerprint density at radius 1 is 1.45 bits per heavy atom. The smallest absolute Gasteiger partial charge is 0.251 e. The van der Waals surface area contributed by atoms with Gasteiger partial charge in [0.2, 0.25) is 0 Å². The molecule has 3 aromatic rings. The van der Waals surface area contributed by atoms with Crippen LogP contribution >= 0.6 is 11.3 Å².